The Kier molecular flexibility index (Phi) is 9.92. The molecule has 0 radical (unpaired) electrons. The second-order valence-corrected chi connectivity index (χ2v) is 10.4. The van der Waals surface area contributed by atoms with Crippen molar-refractivity contribution >= 4 is 40.6 Å². The maximum absolute atomic E-state index is 13.6. The molecule has 1 aliphatic heterocycles. The van der Waals surface area contributed by atoms with E-state index in [1.54, 1.807) is 6.20 Å². The lowest BCUT2D eigenvalue weighted by Crippen LogP contribution is -2.57. The molecule has 2 heterocycles. The Hall–Kier alpha value is -4.71. The molecule has 0 aliphatic carbocycles. The number of aromatic nitrogens is 1. The van der Waals surface area contributed by atoms with E-state index in [1.807, 2.05) is 54.6 Å². The third-order valence-electron chi connectivity index (χ3n) is 7.45. The summed E-state index contributed by atoms with van der Waals surface area (Å²) < 4.78 is 0. The fourth-order valence-corrected chi connectivity index (χ4v) is 5.26. The molecular weight excluding hydrogens is 542 g/mol. The maximum atomic E-state index is 13.6. The number of benzene rings is 2. The van der Waals surface area contributed by atoms with Crippen LogP contribution in [0.25, 0.3) is 10.9 Å². The van der Waals surface area contributed by atoms with Crippen molar-refractivity contribution < 1.29 is 34.2 Å². The number of nitrogens with one attached hydrogen (secondary N) is 3. The Bertz CT molecular complexity index is 1440. The molecule has 4 rings (SSSR count). The van der Waals surface area contributed by atoms with Crippen molar-refractivity contribution in [3.05, 3.63) is 71.9 Å². The average Bonchev–Trinajstić information content (AvgIpc) is 3.62. The molecule has 12 nitrogen and oxygen atoms in total. The van der Waals surface area contributed by atoms with E-state index in [-0.39, 0.29) is 32.2 Å². The molecule has 2 aromatic carbocycles. The lowest BCUT2D eigenvalue weighted by atomic mass is 10.0. The van der Waals surface area contributed by atoms with Crippen LogP contribution in [-0.4, -0.2) is 80.5 Å². The number of para-hydroxylation sites is 1. The standard InChI is InChI=1S/C30H35N5O7/c31-21(15-18-7-2-1-3-8-18)27(38)33-23(12-13-26(36)37)29(40)35-14-6-11-25(35)28(39)34-24(30(41)42)16-19-17-32-22-10-5-4-9-20(19)22/h1-5,7-10,17,21,23-25,32H,6,11-16,31H2,(H,33,38)(H,34,39)(H,36,37)(H,41,42). The van der Waals surface area contributed by atoms with Gasteiger partial charge >= 0.3 is 11.9 Å². The number of hydrogen-bond donors (Lipinski definition) is 6. The van der Waals surface area contributed by atoms with Gasteiger partial charge in [0.25, 0.3) is 0 Å². The monoisotopic (exact) mass is 577 g/mol. The first-order valence-electron chi connectivity index (χ1n) is 13.8. The number of nitrogens with zero attached hydrogens (tertiary/aromatic N) is 1. The minimum absolute atomic E-state index is 0.0301. The zero-order valence-electron chi connectivity index (χ0n) is 23.0. The van der Waals surface area contributed by atoms with Crippen LogP contribution in [0.15, 0.2) is 60.8 Å². The van der Waals surface area contributed by atoms with Gasteiger partial charge in [0.1, 0.15) is 18.1 Å². The van der Waals surface area contributed by atoms with Crippen molar-refractivity contribution in [2.75, 3.05) is 6.54 Å². The SMILES string of the molecule is NC(Cc1ccccc1)C(=O)NC(CCC(=O)O)C(=O)N1CCCC1C(=O)NC(Cc1c[nH]c2ccccc12)C(=O)O. The molecule has 0 bridgehead atoms. The van der Waals surface area contributed by atoms with Crippen LogP contribution in [0.2, 0.25) is 0 Å². The van der Waals surface area contributed by atoms with Gasteiger partial charge in [0, 0.05) is 36.5 Å². The zero-order chi connectivity index (χ0) is 30.2. The molecule has 1 saturated heterocycles. The molecule has 4 atom stereocenters. The first kappa shape index (κ1) is 30.3. The van der Waals surface area contributed by atoms with E-state index in [9.17, 15) is 34.2 Å². The van der Waals surface area contributed by atoms with Crippen molar-refractivity contribution in [3.8, 4) is 0 Å². The predicted octanol–water partition coefficient (Wildman–Crippen LogP) is 1.19. The van der Waals surface area contributed by atoms with E-state index in [0.29, 0.717) is 12.8 Å². The molecule has 4 unspecified atom stereocenters. The fourth-order valence-electron chi connectivity index (χ4n) is 5.26. The van der Waals surface area contributed by atoms with E-state index in [0.717, 1.165) is 22.0 Å². The lowest BCUT2D eigenvalue weighted by Gasteiger charge is -2.30. The molecular formula is C30H35N5O7. The van der Waals surface area contributed by atoms with Gasteiger partial charge in [-0.15, -0.1) is 0 Å². The summed E-state index contributed by atoms with van der Waals surface area (Å²) in [6.45, 7) is 0.201. The molecule has 7 N–H and O–H groups in total. The number of fused-ring (bicyclic) bond motifs is 1. The van der Waals surface area contributed by atoms with Gasteiger partial charge in [0.05, 0.1) is 6.04 Å². The van der Waals surface area contributed by atoms with Gasteiger partial charge in [0.15, 0.2) is 0 Å². The van der Waals surface area contributed by atoms with Crippen LogP contribution in [0.5, 0.6) is 0 Å². The summed E-state index contributed by atoms with van der Waals surface area (Å²) in [6, 6.07) is 12.1. The second kappa shape index (κ2) is 13.8. The number of aliphatic carboxylic acids is 2. The molecule has 3 aromatic rings. The summed E-state index contributed by atoms with van der Waals surface area (Å²) in [6.07, 6.45) is 2.15. The first-order valence-corrected chi connectivity index (χ1v) is 13.8. The minimum Gasteiger partial charge on any atom is -0.481 e. The largest absolute Gasteiger partial charge is 0.481 e. The molecule has 1 fully saturated rings. The summed E-state index contributed by atoms with van der Waals surface area (Å²) in [5, 5.41) is 25.1. The number of hydrogen-bond acceptors (Lipinski definition) is 6. The summed E-state index contributed by atoms with van der Waals surface area (Å²) in [5.74, 6) is -4.22. The predicted molar refractivity (Wildman–Crippen MR) is 153 cm³/mol. The third kappa shape index (κ3) is 7.52. The van der Waals surface area contributed by atoms with Gasteiger partial charge in [-0.25, -0.2) is 4.79 Å². The molecule has 3 amide bonds. The van der Waals surface area contributed by atoms with Gasteiger partial charge in [0.2, 0.25) is 17.7 Å². The number of amides is 3. The van der Waals surface area contributed by atoms with Crippen LogP contribution in [0, 0.1) is 0 Å². The highest BCUT2D eigenvalue weighted by molar-refractivity contribution is 5.95. The van der Waals surface area contributed by atoms with E-state index in [2.05, 4.69) is 15.6 Å². The van der Waals surface area contributed by atoms with Gasteiger partial charge < -0.3 is 36.5 Å². The van der Waals surface area contributed by atoms with Crippen molar-refractivity contribution in [1.82, 2.24) is 20.5 Å². The summed E-state index contributed by atoms with van der Waals surface area (Å²) in [7, 11) is 0. The number of rotatable bonds is 13. The third-order valence-corrected chi connectivity index (χ3v) is 7.45. The minimum atomic E-state index is -1.24. The number of carbonyl (C=O) groups is 5. The number of carboxylic acids is 2. The van der Waals surface area contributed by atoms with Crippen LogP contribution in [0.4, 0.5) is 0 Å². The maximum Gasteiger partial charge on any atom is 0.326 e. The number of aromatic amines is 1. The van der Waals surface area contributed by atoms with Crippen molar-refractivity contribution in [1.29, 1.82) is 0 Å². The van der Waals surface area contributed by atoms with Crippen molar-refractivity contribution in [2.45, 2.75) is 62.7 Å². The van der Waals surface area contributed by atoms with E-state index >= 15 is 0 Å². The smallest absolute Gasteiger partial charge is 0.326 e. The van der Waals surface area contributed by atoms with Gasteiger partial charge in [-0.2, -0.15) is 0 Å². The topological polar surface area (TPSA) is 195 Å². The van der Waals surface area contributed by atoms with Crippen molar-refractivity contribution in [3.63, 3.8) is 0 Å². The summed E-state index contributed by atoms with van der Waals surface area (Å²) in [4.78, 5) is 67.6. The second-order valence-electron chi connectivity index (χ2n) is 10.4. The van der Waals surface area contributed by atoms with E-state index in [4.69, 9.17) is 5.73 Å². The highest BCUT2D eigenvalue weighted by atomic mass is 16.4. The van der Waals surface area contributed by atoms with Crippen LogP contribution >= 0.6 is 0 Å². The number of H-pyrrole nitrogens is 1. The van der Waals surface area contributed by atoms with Crippen LogP contribution in [-0.2, 0) is 36.8 Å². The van der Waals surface area contributed by atoms with Gasteiger partial charge in [-0.1, -0.05) is 48.5 Å². The Morgan fingerprint density at radius 2 is 1.67 bits per heavy atom. The summed E-state index contributed by atoms with van der Waals surface area (Å²) in [5.41, 5.74) is 8.47. The first-order chi connectivity index (χ1) is 20.1. The molecule has 222 valence electrons. The van der Waals surface area contributed by atoms with Gasteiger partial charge in [-0.05, 0) is 42.9 Å². The number of nitrogens with two attached hydrogens (primary N) is 1. The lowest BCUT2D eigenvalue weighted by molar-refractivity contribution is -0.145. The quantitative estimate of drug-likeness (QED) is 0.174. The highest BCUT2D eigenvalue weighted by Crippen LogP contribution is 2.22. The molecule has 1 aromatic heterocycles. The van der Waals surface area contributed by atoms with Crippen LogP contribution in [0.3, 0.4) is 0 Å². The number of likely N-dealkylation sites (tertiary alicyclic amines) is 1. The molecule has 1 aliphatic rings. The molecule has 0 spiro atoms. The Morgan fingerprint density at radius 1 is 0.952 bits per heavy atom. The Balaban J connectivity index is 1.44. The Labute approximate surface area is 242 Å². The normalized spacial score (nSPS) is 16.9. The van der Waals surface area contributed by atoms with Crippen LogP contribution < -0.4 is 16.4 Å². The fraction of sp³-hybridized carbons (Fsp3) is 0.367. The molecule has 42 heavy (non-hydrogen) atoms. The van der Waals surface area contributed by atoms with E-state index < -0.39 is 53.8 Å². The molecule has 12 heteroatoms. The summed E-state index contributed by atoms with van der Waals surface area (Å²) >= 11 is 0. The number of carbonyl (C=O) groups excluding carboxylic acids is 3. The van der Waals surface area contributed by atoms with E-state index in [1.165, 1.54) is 4.90 Å². The number of carboxylic acid groups (broad SMARTS) is 2. The van der Waals surface area contributed by atoms with Gasteiger partial charge in [-0.3, -0.25) is 19.2 Å². The average molecular weight is 578 g/mol. The zero-order valence-corrected chi connectivity index (χ0v) is 23.0. The Morgan fingerprint density at radius 3 is 2.38 bits per heavy atom. The van der Waals surface area contributed by atoms with Crippen LogP contribution in [0.1, 0.15) is 36.8 Å². The molecule has 0 saturated carbocycles. The van der Waals surface area contributed by atoms with Crippen molar-refractivity contribution in [2.24, 2.45) is 5.73 Å². The highest BCUT2D eigenvalue weighted by Gasteiger charge is 2.39.